The summed E-state index contributed by atoms with van der Waals surface area (Å²) in [6.07, 6.45) is 5.34. The Kier molecular flexibility index (Phi) is 4.48. The molecule has 0 radical (unpaired) electrons. The fourth-order valence-corrected chi connectivity index (χ4v) is 3.16. The van der Waals surface area contributed by atoms with Gasteiger partial charge in [0.05, 0.1) is 6.04 Å². The summed E-state index contributed by atoms with van der Waals surface area (Å²) in [5.41, 5.74) is 1.06. The lowest BCUT2D eigenvalue weighted by Gasteiger charge is -2.23. The van der Waals surface area contributed by atoms with Crippen LogP contribution < -0.4 is 5.32 Å². The number of aromatic nitrogens is 2. The highest BCUT2D eigenvalue weighted by atomic mass is 35.5. The number of halogens is 1. The zero-order valence-corrected chi connectivity index (χ0v) is 12.9. The Hall–Kier alpha value is -1.50. The van der Waals surface area contributed by atoms with Gasteiger partial charge < -0.3 is 5.32 Å². The van der Waals surface area contributed by atoms with Crippen LogP contribution in [0.2, 0.25) is 5.15 Å². The van der Waals surface area contributed by atoms with E-state index in [1.807, 2.05) is 11.4 Å². The van der Waals surface area contributed by atoms with E-state index in [1.165, 1.54) is 11.3 Å². The Bertz CT molecular complexity index is 602. The van der Waals surface area contributed by atoms with Crippen LogP contribution >= 0.6 is 22.9 Å². The third kappa shape index (κ3) is 3.58. The standard InChI is InChI=1S/C14H15ClN4OS/c15-12-4-3-10(8-17-12)9-19-6-1-2-11(19)13(20)18-14-16-5-7-21-14/h3-5,7-8,11H,1-2,6,9H2,(H,16,18,20)/t11-/m0/s1. The highest BCUT2D eigenvalue weighted by Crippen LogP contribution is 2.22. The van der Waals surface area contributed by atoms with Gasteiger partial charge in [-0.15, -0.1) is 11.3 Å². The molecule has 2 aromatic rings. The van der Waals surface area contributed by atoms with Gasteiger partial charge in [0.25, 0.3) is 0 Å². The van der Waals surface area contributed by atoms with Gasteiger partial charge in [0.2, 0.25) is 5.91 Å². The van der Waals surface area contributed by atoms with E-state index in [2.05, 4.69) is 20.2 Å². The Balaban J connectivity index is 1.64. The number of nitrogens with zero attached hydrogens (tertiary/aromatic N) is 3. The van der Waals surface area contributed by atoms with Crippen LogP contribution in [0.15, 0.2) is 29.9 Å². The molecule has 0 aromatic carbocycles. The van der Waals surface area contributed by atoms with Crippen LogP contribution in [-0.4, -0.2) is 33.4 Å². The first-order chi connectivity index (χ1) is 10.2. The molecular weight excluding hydrogens is 308 g/mol. The van der Waals surface area contributed by atoms with Crippen LogP contribution in [0, 0.1) is 0 Å². The van der Waals surface area contributed by atoms with E-state index in [4.69, 9.17) is 11.6 Å². The van der Waals surface area contributed by atoms with Crippen molar-refractivity contribution in [1.82, 2.24) is 14.9 Å². The second-order valence-electron chi connectivity index (χ2n) is 4.94. The number of amides is 1. The minimum absolute atomic E-state index is 0.0179. The molecule has 1 aliphatic rings. The first-order valence-corrected chi connectivity index (χ1v) is 8.03. The number of hydrogen-bond donors (Lipinski definition) is 1. The van der Waals surface area contributed by atoms with Crippen molar-refractivity contribution in [2.45, 2.75) is 25.4 Å². The van der Waals surface area contributed by atoms with Crippen molar-refractivity contribution in [3.63, 3.8) is 0 Å². The van der Waals surface area contributed by atoms with Crippen molar-refractivity contribution in [3.8, 4) is 0 Å². The van der Waals surface area contributed by atoms with Crippen molar-refractivity contribution >= 4 is 34.0 Å². The molecule has 2 aromatic heterocycles. The lowest BCUT2D eigenvalue weighted by molar-refractivity contribution is -0.120. The molecule has 21 heavy (non-hydrogen) atoms. The molecule has 0 aliphatic carbocycles. The van der Waals surface area contributed by atoms with Gasteiger partial charge in [-0.2, -0.15) is 0 Å². The fourth-order valence-electron chi connectivity index (χ4n) is 2.52. The van der Waals surface area contributed by atoms with E-state index in [0.717, 1.165) is 24.9 Å². The predicted octanol–water partition coefficient (Wildman–Crippen LogP) is 2.79. The zero-order valence-electron chi connectivity index (χ0n) is 11.3. The molecule has 0 saturated carbocycles. The molecule has 1 saturated heterocycles. The molecule has 3 rings (SSSR count). The Labute approximate surface area is 132 Å². The van der Waals surface area contributed by atoms with Crippen molar-refractivity contribution in [1.29, 1.82) is 0 Å². The lowest BCUT2D eigenvalue weighted by atomic mass is 10.2. The SMILES string of the molecule is O=C(Nc1nccs1)[C@@H]1CCCN1Cc1ccc(Cl)nc1. The number of hydrogen-bond acceptors (Lipinski definition) is 5. The van der Waals surface area contributed by atoms with Gasteiger partial charge in [0.15, 0.2) is 5.13 Å². The number of rotatable bonds is 4. The molecule has 1 N–H and O–H groups in total. The second-order valence-corrected chi connectivity index (χ2v) is 6.23. The number of carbonyl (C=O) groups is 1. The third-order valence-electron chi connectivity index (χ3n) is 3.50. The van der Waals surface area contributed by atoms with Crippen molar-refractivity contribution in [2.75, 3.05) is 11.9 Å². The maximum atomic E-state index is 12.3. The van der Waals surface area contributed by atoms with Crippen LogP contribution in [0.1, 0.15) is 18.4 Å². The van der Waals surface area contributed by atoms with Crippen molar-refractivity contribution < 1.29 is 4.79 Å². The number of likely N-dealkylation sites (tertiary alicyclic amines) is 1. The van der Waals surface area contributed by atoms with Gasteiger partial charge in [-0.1, -0.05) is 17.7 Å². The molecule has 1 fully saturated rings. The highest BCUT2D eigenvalue weighted by molar-refractivity contribution is 7.13. The molecular formula is C14H15ClN4OS. The minimum Gasteiger partial charge on any atom is -0.301 e. The van der Waals surface area contributed by atoms with Crippen LogP contribution in [0.3, 0.4) is 0 Å². The predicted molar refractivity (Wildman–Crippen MR) is 83.4 cm³/mol. The van der Waals surface area contributed by atoms with Gasteiger partial charge in [-0.25, -0.2) is 9.97 Å². The maximum absolute atomic E-state index is 12.3. The largest absolute Gasteiger partial charge is 0.301 e. The average Bonchev–Trinajstić information content (AvgIpc) is 3.13. The molecule has 1 atom stereocenters. The topological polar surface area (TPSA) is 58.1 Å². The quantitative estimate of drug-likeness (QED) is 0.879. The fraction of sp³-hybridized carbons (Fsp3) is 0.357. The number of pyridine rings is 1. The summed E-state index contributed by atoms with van der Waals surface area (Å²) in [4.78, 5) is 22.7. The van der Waals surface area contributed by atoms with E-state index in [-0.39, 0.29) is 11.9 Å². The number of carbonyl (C=O) groups excluding carboxylic acids is 1. The molecule has 7 heteroatoms. The molecule has 110 valence electrons. The molecule has 5 nitrogen and oxygen atoms in total. The summed E-state index contributed by atoms with van der Waals surface area (Å²) in [7, 11) is 0. The maximum Gasteiger partial charge on any atom is 0.243 e. The smallest absolute Gasteiger partial charge is 0.243 e. The summed E-state index contributed by atoms with van der Waals surface area (Å²) in [6.45, 7) is 1.62. The highest BCUT2D eigenvalue weighted by Gasteiger charge is 2.30. The van der Waals surface area contributed by atoms with Crippen molar-refractivity contribution in [3.05, 3.63) is 40.6 Å². The molecule has 0 unspecified atom stereocenters. The average molecular weight is 323 g/mol. The summed E-state index contributed by atoms with van der Waals surface area (Å²) in [5.74, 6) is 0.0179. The van der Waals surface area contributed by atoms with Gasteiger partial charge in [0, 0.05) is 24.3 Å². The first-order valence-electron chi connectivity index (χ1n) is 6.77. The van der Waals surface area contributed by atoms with Gasteiger partial charge in [0.1, 0.15) is 5.15 Å². The Morgan fingerprint density at radius 2 is 2.38 bits per heavy atom. The molecule has 1 amide bonds. The number of nitrogens with one attached hydrogen (secondary N) is 1. The van der Waals surface area contributed by atoms with E-state index in [1.54, 1.807) is 18.5 Å². The summed E-state index contributed by atoms with van der Waals surface area (Å²) >= 11 is 7.22. The van der Waals surface area contributed by atoms with Crippen molar-refractivity contribution in [2.24, 2.45) is 0 Å². The van der Waals surface area contributed by atoms with E-state index < -0.39 is 0 Å². The van der Waals surface area contributed by atoms with E-state index >= 15 is 0 Å². The van der Waals surface area contributed by atoms with E-state index in [0.29, 0.717) is 16.8 Å². The number of thiazole rings is 1. The van der Waals surface area contributed by atoms with E-state index in [9.17, 15) is 4.79 Å². The zero-order chi connectivity index (χ0) is 14.7. The first kappa shape index (κ1) is 14.4. The van der Waals surface area contributed by atoms with Crippen LogP contribution in [0.4, 0.5) is 5.13 Å². The summed E-state index contributed by atoms with van der Waals surface area (Å²) < 4.78 is 0. The Morgan fingerprint density at radius 3 is 3.10 bits per heavy atom. The van der Waals surface area contributed by atoms with Crippen LogP contribution in [0.5, 0.6) is 0 Å². The minimum atomic E-state index is -0.107. The van der Waals surface area contributed by atoms with Gasteiger partial charge in [-0.05, 0) is 31.0 Å². The molecule has 0 bridgehead atoms. The lowest BCUT2D eigenvalue weighted by Crippen LogP contribution is -2.39. The normalized spacial score (nSPS) is 18.8. The van der Waals surface area contributed by atoms with Gasteiger partial charge >= 0.3 is 0 Å². The van der Waals surface area contributed by atoms with Gasteiger partial charge in [-0.3, -0.25) is 9.69 Å². The third-order valence-corrected chi connectivity index (χ3v) is 4.42. The monoisotopic (exact) mass is 322 g/mol. The van der Waals surface area contributed by atoms with Crippen LogP contribution in [-0.2, 0) is 11.3 Å². The molecule has 3 heterocycles. The Morgan fingerprint density at radius 1 is 1.48 bits per heavy atom. The second kappa shape index (κ2) is 6.51. The molecule has 1 aliphatic heterocycles. The molecule has 0 spiro atoms. The summed E-state index contributed by atoms with van der Waals surface area (Å²) in [6, 6.07) is 3.62. The number of anilines is 1. The van der Waals surface area contributed by atoms with Crippen LogP contribution in [0.25, 0.3) is 0 Å². The summed E-state index contributed by atoms with van der Waals surface area (Å²) in [5, 5.41) is 5.86.